The van der Waals surface area contributed by atoms with Crippen molar-refractivity contribution in [2.24, 2.45) is 7.05 Å². The van der Waals surface area contributed by atoms with E-state index in [0.717, 1.165) is 5.46 Å². The van der Waals surface area contributed by atoms with Crippen molar-refractivity contribution < 1.29 is 9.31 Å². The normalized spacial score (nSPS) is 18.8. The first-order chi connectivity index (χ1) is 11.8. The van der Waals surface area contributed by atoms with Crippen LogP contribution in [0.1, 0.15) is 27.7 Å². The van der Waals surface area contributed by atoms with Crippen molar-refractivity contribution in [2.75, 3.05) is 0 Å². The Morgan fingerprint density at radius 3 is 2.08 bits per heavy atom. The molecule has 0 radical (unpaired) electrons. The quantitative estimate of drug-likeness (QED) is 0.658. The molecule has 128 valence electrons. The SMILES string of the molecule is Cn1cc(-c2ccc(B3OC(C)(C)C(C)(C)O3)cc2)c2ccccc21. The van der Waals surface area contributed by atoms with Crippen LogP contribution in [0.25, 0.3) is 22.0 Å². The van der Waals surface area contributed by atoms with Gasteiger partial charge in [0, 0.05) is 29.7 Å². The third kappa shape index (κ3) is 2.61. The van der Waals surface area contributed by atoms with Gasteiger partial charge in [-0.3, -0.25) is 0 Å². The fourth-order valence-corrected chi connectivity index (χ4v) is 3.37. The van der Waals surface area contributed by atoms with Gasteiger partial charge in [0.05, 0.1) is 11.2 Å². The molecule has 25 heavy (non-hydrogen) atoms. The molecule has 1 aliphatic heterocycles. The summed E-state index contributed by atoms with van der Waals surface area (Å²) in [5.41, 5.74) is 4.13. The highest BCUT2D eigenvalue weighted by Crippen LogP contribution is 2.36. The van der Waals surface area contributed by atoms with Crippen molar-refractivity contribution in [3.05, 3.63) is 54.7 Å². The summed E-state index contributed by atoms with van der Waals surface area (Å²) in [5, 5.41) is 1.27. The Kier molecular flexibility index (Phi) is 3.60. The summed E-state index contributed by atoms with van der Waals surface area (Å²) in [4.78, 5) is 0. The van der Waals surface area contributed by atoms with Crippen LogP contribution in [0.5, 0.6) is 0 Å². The number of fused-ring (bicyclic) bond motifs is 1. The lowest BCUT2D eigenvalue weighted by atomic mass is 9.78. The maximum Gasteiger partial charge on any atom is 0.494 e. The first-order valence-electron chi connectivity index (χ1n) is 8.78. The molecule has 0 aliphatic carbocycles. The van der Waals surface area contributed by atoms with Crippen molar-refractivity contribution in [1.82, 2.24) is 4.57 Å². The van der Waals surface area contributed by atoms with E-state index in [-0.39, 0.29) is 18.3 Å². The van der Waals surface area contributed by atoms with Gasteiger partial charge < -0.3 is 13.9 Å². The standard InChI is InChI=1S/C21H24BNO2/c1-20(2)21(3,4)25-22(24-20)16-12-10-15(11-13-16)18-14-23(5)19-9-7-6-8-17(18)19/h6-14H,1-5H3. The van der Waals surface area contributed by atoms with E-state index < -0.39 is 0 Å². The molecule has 1 aliphatic rings. The van der Waals surface area contributed by atoms with E-state index >= 15 is 0 Å². The van der Waals surface area contributed by atoms with Crippen LogP contribution in [0, 0.1) is 0 Å². The first kappa shape index (κ1) is 16.4. The number of aromatic nitrogens is 1. The second-order valence-corrected chi connectivity index (χ2v) is 7.88. The average Bonchev–Trinajstić information content (AvgIpc) is 3.02. The molecule has 0 bridgehead atoms. The molecule has 0 amide bonds. The van der Waals surface area contributed by atoms with Crippen molar-refractivity contribution in [3.8, 4) is 11.1 Å². The zero-order valence-electron chi connectivity index (χ0n) is 15.5. The van der Waals surface area contributed by atoms with Gasteiger partial charge >= 0.3 is 7.12 Å². The Balaban J connectivity index is 1.67. The number of hydrogen-bond acceptors (Lipinski definition) is 2. The summed E-state index contributed by atoms with van der Waals surface area (Å²) in [7, 11) is 1.77. The van der Waals surface area contributed by atoms with Crippen molar-refractivity contribution in [2.45, 2.75) is 38.9 Å². The predicted octanol–water partition coefficient (Wildman–Crippen LogP) is 4.14. The number of nitrogens with zero attached hydrogens (tertiary/aromatic N) is 1. The average molecular weight is 333 g/mol. The van der Waals surface area contributed by atoms with E-state index in [4.69, 9.17) is 9.31 Å². The molecule has 1 aromatic heterocycles. The zero-order chi connectivity index (χ0) is 17.8. The Labute approximate surface area is 149 Å². The highest BCUT2D eigenvalue weighted by Gasteiger charge is 2.51. The maximum absolute atomic E-state index is 6.14. The summed E-state index contributed by atoms with van der Waals surface area (Å²) >= 11 is 0. The molecule has 3 nitrogen and oxygen atoms in total. The van der Waals surface area contributed by atoms with Gasteiger partial charge in [0.2, 0.25) is 0 Å². The van der Waals surface area contributed by atoms with Crippen LogP contribution in [0.4, 0.5) is 0 Å². The van der Waals surface area contributed by atoms with Crippen LogP contribution in [-0.2, 0) is 16.4 Å². The van der Waals surface area contributed by atoms with Gasteiger partial charge in [-0.25, -0.2) is 0 Å². The zero-order valence-corrected chi connectivity index (χ0v) is 15.5. The van der Waals surface area contributed by atoms with E-state index in [1.54, 1.807) is 0 Å². The van der Waals surface area contributed by atoms with Gasteiger partial charge in [0.1, 0.15) is 0 Å². The van der Waals surface area contributed by atoms with Crippen molar-refractivity contribution in [3.63, 3.8) is 0 Å². The number of benzene rings is 2. The smallest absolute Gasteiger partial charge is 0.399 e. The van der Waals surface area contributed by atoms with Gasteiger partial charge in [-0.2, -0.15) is 0 Å². The highest BCUT2D eigenvalue weighted by atomic mass is 16.7. The topological polar surface area (TPSA) is 23.4 Å². The first-order valence-corrected chi connectivity index (χ1v) is 8.78. The van der Waals surface area contributed by atoms with Crippen molar-refractivity contribution in [1.29, 1.82) is 0 Å². The van der Waals surface area contributed by atoms with Crippen LogP contribution >= 0.6 is 0 Å². The number of hydrogen-bond donors (Lipinski definition) is 0. The molecule has 4 rings (SSSR count). The van der Waals surface area contributed by atoms with Crippen LogP contribution in [0.3, 0.4) is 0 Å². The molecule has 4 heteroatoms. The molecular formula is C21H24BNO2. The molecule has 1 fully saturated rings. The molecule has 0 unspecified atom stereocenters. The summed E-state index contributed by atoms with van der Waals surface area (Å²) < 4.78 is 14.5. The van der Waals surface area contributed by atoms with E-state index in [2.05, 4.69) is 94.0 Å². The number of rotatable bonds is 2. The van der Waals surface area contributed by atoms with Crippen LogP contribution in [0.15, 0.2) is 54.7 Å². The summed E-state index contributed by atoms with van der Waals surface area (Å²) in [6, 6.07) is 17.0. The fourth-order valence-electron chi connectivity index (χ4n) is 3.37. The summed E-state index contributed by atoms with van der Waals surface area (Å²) in [5.74, 6) is 0. The molecule has 3 aromatic rings. The lowest BCUT2D eigenvalue weighted by Crippen LogP contribution is -2.41. The van der Waals surface area contributed by atoms with E-state index in [1.807, 2.05) is 0 Å². The highest BCUT2D eigenvalue weighted by molar-refractivity contribution is 6.62. The Bertz CT molecular complexity index is 909. The van der Waals surface area contributed by atoms with E-state index in [1.165, 1.54) is 22.0 Å². The Morgan fingerprint density at radius 2 is 1.44 bits per heavy atom. The Morgan fingerprint density at radius 1 is 0.840 bits per heavy atom. The molecule has 1 saturated heterocycles. The maximum atomic E-state index is 6.14. The van der Waals surface area contributed by atoms with Crippen LogP contribution in [0.2, 0.25) is 0 Å². The summed E-state index contributed by atoms with van der Waals surface area (Å²) in [6.07, 6.45) is 2.19. The van der Waals surface area contributed by atoms with Gasteiger partial charge in [0.15, 0.2) is 0 Å². The lowest BCUT2D eigenvalue weighted by Gasteiger charge is -2.32. The molecule has 2 heterocycles. The minimum Gasteiger partial charge on any atom is -0.399 e. The number of para-hydroxylation sites is 1. The van der Waals surface area contributed by atoms with Gasteiger partial charge in [-0.1, -0.05) is 42.5 Å². The Hall–Kier alpha value is -2.04. The van der Waals surface area contributed by atoms with E-state index in [9.17, 15) is 0 Å². The van der Waals surface area contributed by atoms with Crippen molar-refractivity contribution >= 4 is 23.5 Å². The molecule has 0 spiro atoms. The number of aryl methyl sites for hydroxylation is 1. The predicted molar refractivity (Wildman–Crippen MR) is 104 cm³/mol. The third-order valence-electron chi connectivity index (χ3n) is 5.64. The molecular weight excluding hydrogens is 309 g/mol. The van der Waals surface area contributed by atoms with Gasteiger partial charge in [-0.15, -0.1) is 0 Å². The minimum atomic E-state index is -0.314. The second-order valence-electron chi connectivity index (χ2n) is 7.88. The third-order valence-corrected chi connectivity index (χ3v) is 5.64. The molecule has 0 N–H and O–H groups in total. The summed E-state index contributed by atoms with van der Waals surface area (Å²) in [6.45, 7) is 8.32. The van der Waals surface area contributed by atoms with Gasteiger partial charge in [-0.05, 0) is 44.8 Å². The largest absolute Gasteiger partial charge is 0.494 e. The minimum absolute atomic E-state index is 0.313. The molecule has 0 atom stereocenters. The van der Waals surface area contributed by atoms with Crippen LogP contribution < -0.4 is 5.46 Å². The van der Waals surface area contributed by atoms with Gasteiger partial charge in [0.25, 0.3) is 0 Å². The van der Waals surface area contributed by atoms with E-state index in [0.29, 0.717) is 0 Å². The molecule has 2 aromatic carbocycles. The second kappa shape index (κ2) is 5.48. The monoisotopic (exact) mass is 333 g/mol. The fraction of sp³-hybridized carbons (Fsp3) is 0.333. The lowest BCUT2D eigenvalue weighted by molar-refractivity contribution is 0.00578. The molecule has 0 saturated carbocycles. The van der Waals surface area contributed by atoms with Crippen LogP contribution in [-0.4, -0.2) is 22.9 Å².